The van der Waals surface area contributed by atoms with Gasteiger partial charge in [0.05, 0.1) is 0 Å². The Labute approximate surface area is 147 Å². The number of hydrogen-bond donors (Lipinski definition) is 2. The lowest BCUT2D eigenvalue weighted by molar-refractivity contribution is 0.0933. The van der Waals surface area contributed by atoms with E-state index in [0.717, 1.165) is 24.9 Å². The van der Waals surface area contributed by atoms with Crippen LogP contribution in [0.4, 0.5) is 10.5 Å². The van der Waals surface area contributed by atoms with E-state index in [0.29, 0.717) is 18.7 Å². The van der Waals surface area contributed by atoms with Gasteiger partial charge in [-0.05, 0) is 48.6 Å². The third kappa shape index (κ3) is 3.22. The number of hydrogen-bond acceptors (Lipinski definition) is 2. The number of benzene rings is 2. The molecule has 3 amide bonds. The van der Waals surface area contributed by atoms with Crippen LogP contribution in [0.15, 0.2) is 48.5 Å². The molecule has 5 nitrogen and oxygen atoms in total. The van der Waals surface area contributed by atoms with Gasteiger partial charge in [0, 0.05) is 30.4 Å². The van der Waals surface area contributed by atoms with Gasteiger partial charge in [-0.15, -0.1) is 0 Å². The number of aryl methyl sites for hydroxylation is 1. The van der Waals surface area contributed by atoms with Crippen LogP contribution in [0.3, 0.4) is 0 Å². The van der Waals surface area contributed by atoms with Crippen LogP contribution in [-0.4, -0.2) is 31.1 Å². The van der Waals surface area contributed by atoms with Crippen LogP contribution in [0.25, 0.3) is 0 Å². The molecule has 2 N–H and O–H groups in total. The minimum absolute atomic E-state index is 0.0779. The van der Waals surface area contributed by atoms with E-state index in [-0.39, 0.29) is 18.0 Å². The summed E-state index contributed by atoms with van der Waals surface area (Å²) in [6, 6.07) is 15.7. The van der Waals surface area contributed by atoms with Gasteiger partial charge in [-0.3, -0.25) is 9.69 Å². The van der Waals surface area contributed by atoms with Gasteiger partial charge in [0.2, 0.25) is 0 Å². The molecule has 1 heterocycles. The average Bonchev–Trinajstić information content (AvgIpc) is 3.08. The number of fused-ring (bicyclic) bond motifs is 1. The summed E-state index contributed by atoms with van der Waals surface area (Å²) in [5.41, 5.74) is 4.06. The molecule has 1 aliphatic heterocycles. The first kappa shape index (κ1) is 15.7. The van der Waals surface area contributed by atoms with Crippen molar-refractivity contribution in [3.8, 4) is 0 Å². The molecule has 4 rings (SSSR count). The lowest BCUT2D eigenvalue weighted by Crippen LogP contribution is -2.39. The predicted octanol–water partition coefficient (Wildman–Crippen LogP) is 2.50. The van der Waals surface area contributed by atoms with E-state index in [4.69, 9.17) is 0 Å². The highest BCUT2D eigenvalue weighted by atomic mass is 16.2. The Bertz CT molecular complexity index is 818. The van der Waals surface area contributed by atoms with Crippen molar-refractivity contribution in [2.75, 3.05) is 18.0 Å². The van der Waals surface area contributed by atoms with Crippen molar-refractivity contribution in [2.45, 2.75) is 25.3 Å². The predicted molar refractivity (Wildman–Crippen MR) is 96.9 cm³/mol. The Hall–Kier alpha value is -2.82. The summed E-state index contributed by atoms with van der Waals surface area (Å²) >= 11 is 0. The summed E-state index contributed by atoms with van der Waals surface area (Å²) in [6.45, 7) is 1.26. The third-order valence-electron chi connectivity index (χ3n) is 4.96. The Morgan fingerprint density at radius 1 is 1.12 bits per heavy atom. The number of nitrogens with zero attached hydrogens (tertiary/aromatic N) is 1. The first-order valence-electron chi connectivity index (χ1n) is 8.74. The van der Waals surface area contributed by atoms with Gasteiger partial charge in [-0.25, -0.2) is 4.79 Å². The normalized spacial score (nSPS) is 19.3. The second kappa shape index (κ2) is 6.59. The van der Waals surface area contributed by atoms with Crippen LogP contribution in [0.1, 0.15) is 27.9 Å². The quantitative estimate of drug-likeness (QED) is 0.905. The zero-order valence-corrected chi connectivity index (χ0v) is 14.0. The van der Waals surface area contributed by atoms with Crippen LogP contribution in [0, 0.1) is 0 Å². The molecule has 128 valence electrons. The van der Waals surface area contributed by atoms with E-state index < -0.39 is 0 Å². The van der Waals surface area contributed by atoms with Crippen LogP contribution in [0.5, 0.6) is 0 Å². The number of anilines is 1. The molecule has 0 bridgehead atoms. The van der Waals surface area contributed by atoms with Gasteiger partial charge >= 0.3 is 6.03 Å². The third-order valence-corrected chi connectivity index (χ3v) is 4.96. The molecule has 1 atom stereocenters. The van der Waals surface area contributed by atoms with Gasteiger partial charge in [-0.2, -0.15) is 0 Å². The molecule has 0 aromatic heterocycles. The lowest BCUT2D eigenvalue weighted by atomic mass is 9.88. The van der Waals surface area contributed by atoms with Gasteiger partial charge in [-0.1, -0.05) is 30.3 Å². The topological polar surface area (TPSA) is 61.4 Å². The molecule has 1 aliphatic carbocycles. The fourth-order valence-corrected chi connectivity index (χ4v) is 3.62. The molecule has 2 aliphatic rings. The maximum absolute atomic E-state index is 12.6. The van der Waals surface area contributed by atoms with Crippen molar-refractivity contribution in [3.63, 3.8) is 0 Å². The van der Waals surface area contributed by atoms with E-state index in [1.54, 1.807) is 17.0 Å². The molecule has 1 fully saturated rings. The number of nitrogens with one attached hydrogen (secondary N) is 2. The Morgan fingerprint density at radius 3 is 2.76 bits per heavy atom. The standard InChI is InChI=1S/C20H21N3O2/c24-19(22-17-9-8-14-4-1-2-5-15(14)12-17)16-6-3-7-18(13-16)23-11-10-21-20(23)25/h1-7,13,17H,8-12H2,(H,21,25)(H,22,24). The number of carbonyl (C=O) groups is 2. The Morgan fingerprint density at radius 2 is 1.96 bits per heavy atom. The van der Waals surface area contributed by atoms with Crippen molar-refractivity contribution in [2.24, 2.45) is 0 Å². The van der Waals surface area contributed by atoms with Crippen LogP contribution < -0.4 is 15.5 Å². The summed E-state index contributed by atoms with van der Waals surface area (Å²) < 4.78 is 0. The van der Waals surface area contributed by atoms with Crippen molar-refractivity contribution >= 4 is 17.6 Å². The molecule has 0 spiro atoms. The SMILES string of the molecule is O=C(NC1CCc2ccccc2C1)c1cccc(N2CCNC2=O)c1. The molecule has 0 radical (unpaired) electrons. The van der Waals surface area contributed by atoms with Crippen molar-refractivity contribution in [3.05, 3.63) is 65.2 Å². The molecule has 5 heteroatoms. The summed E-state index contributed by atoms with van der Waals surface area (Å²) in [5, 5.41) is 5.93. The summed E-state index contributed by atoms with van der Waals surface area (Å²) in [4.78, 5) is 26.1. The molecular formula is C20H21N3O2. The second-order valence-electron chi connectivity index (χ2n) is 6.62. The zero-order valence-electron chi connectivity index (χ0n) is 14.0. The highest BCUT2D eigenvalue weighted by Gasteiger charge is 2.23. The minimum Gasteiger partial charge on any atom is -0.349 e. The second-order valence-corrected chi connectivity index (χ2v) is 6.62. The van der Waals surface area contributed by atoms with E-state index in [2.05, 4.69) is 28.8 Å². The first-order chi connectivity index (χ1) is 12.2. The minimum atomic E-state index is -0.110. The summed E-state index contributed by atoms with van der Waals surface area (Å²) in [6.07, 6.45) is 2.82. The Balaban J connectivity index is 1.46. The van der Waals surface area contributed by atoms with Crippen LogP contribution >= 0.6 is 0 Å². The van der Waals surface area contributed by atoms with Gasteiger partial charge in [0.25, 0.3) is 5.91 Å². The van der Waals surface area contributed by atoms with Crippen LogP contribution in [0.2, 0.25) is 0 Å². The molecule has 2 aromatic rings. The van der Waals surface area contributed by atoms with Crippen molar-refractivity contribution in [1.82, 2.24) is 10.6 Å². The highest BCUT2D eigenvalue weighted by molar-refractivity contribution is 5.98. The summed E-state index contributed by atoms with van der Waals surface area (Å²) in [7, 11) is 0. The van der Waals surface area contributed by atoms with Gasteiger partial charge < -0.3 is 10.6 Å². The molecular weight excluding hydrogens is 314 g/mol. The molecule has 1 unspecified atom stereocenters. The Kier molecular flexibility index (Phi) is 4.14. The molecule has 0 saturated carbocycles. The van der Waals surface area contributed by atoms with E-state index in [1.807, 2.05) is 18.2 Å². The van der Waals surface area contributed by atoms with Crippen LogP contribution in [-0.2, 0) is 12.8 Å². The first-order valence-corrected chi connectivity index (χ1v) is 8.74. The molecule has 2 aromatic carbocycles. The number of amides is 3. The summed E-state index contributed by atoms with van der Waals surface area (Å²) in [5.74, 6) is -0.0779. The highest BCUT2D eigenvalue weighted by Crippen LogP contribution is 2.22. The average molecular weight is 335 g/mol. The van der Waals surface area contributed by atoms with Crippen molar-refractivity contribution < 1.29 is 9.59 Å². The van der Waals surface area contributed by atoms with Gasteiger partial charge in [0.15, 0.2) is 0 Å². The largest absolute Gasteiger partial charge is 0.349 e. The fraction of sp³-hybridized carbons (Fsp3) is 0.300. The van der Waals surface area contributed by atoms with Crippen molar-refractivity contribution in [1.29, 1.82) is 0 Å². The van der Waals surface area contributed by atoms with Gasteiger partial charge in [0.1, 0.15) is 0 Å². The van der Waals surface area contributed by atoms with E-state index >= 15 is 0 Å². The molecule has 1 saturated heterocycles. The smallest absolute Gasteiger partial charge is 0.321 e. The number of urea groups is 1. The molecule has 25 heavy (non-hydrogen) atoms. The maximum Gasteiger partial charge on any atom is 0.321 e. The lowest BCUT2D eigenvalue weighted by Gasteiger charge is -2.25. The monoisotopic (exact) mass is 335 g/mol. The zero-order chi connectivity index (χ0) is 17.2. The number of rotatable bonds is 3. The number of carbonyl (C=O) groups excluding carboxylic acids is 2. The van der Waals surface area contributed by atoms with E-state index in [9.17, 15) is 9.59 Å². The van der Waals surface area contributed by atoms with E-state index in [1.165, 1.54) is 11.1 Å². The fourth-order valence-electron chi connectivity index (χ4n) is 3.62. The maximum atomic E-state index is 12.6.